The number of benzene rings is 1. The zero-order valence-corrected chi connectivity index (χ0v) is 9.52. The maximum absolute atomic E-state index is 12.8. The smallest absolute Gasteiger partial charge is 0.124 e. The summed E-state index contributed by atoms with van der Waals surface area (Å²) in [7, 11) is 0. The molecule has 1 rings (SSSR count). The van der Waals surface area contributed by atoms with Gasteiger partial charge >= 0.3 is 0 Å². The van der Waals surface area contributed by atoms with Crippen LogP contribution in [-0.4, -0.2) is 13.1 Å². The van der Waals surface area contributed by atoms with Gasteiger partial charge in [-0.15, -0.1) is 0 Å². The van der Waals surface area contributed by atoms with E-state index in [0.29, 0.717) is 11.6 Å². The van der Waals surface area contributed by atoms with E-state index in [1.807, 2.05) is 6.92 Å². The molecule has 0 amide bonds. The Morgan fingerprint density at radius 1 is 1.53 bits per heavy atom. The van der Waals surface area contributed by atoms with Crippen molar-refractivity contribution < 1.29 is 4.39 Å². The lowest BCUT2D eigenvalue weighted by Gasteiger charge is -2.15. The Kier molecular flexibility index (Phi) is 5.02. The zero-order valence-electron chi connectivity index (χ0n) is 8.76. The predicted octanol–water partition coefficient (Wildman–Crippen LogP) is 2.48. The van der Waals surface area contributed by atoms with Crippen LogP contribution in [0.3, 0.4) is 0 Å². The van der Waals surface area contributed by atoms with Gasteiger partial charge in [-0.1, -0.05) is 17.7 Å². The largest absolute Gasteiger partial charge is 0.330 e. The topological polar surface area (TPSA) is 38.0 Å². The quantitative estimate of drug-likeness (QED) is 0.763. The molecule has 0 saturated carbocycles. The Hall–Kier alpha value is -0.640. The first-order valence-electron chi connectivity index (χ1n) is 5.03. The molecule has 0 radical (unpaired) electrons. The third kappa shape index (κ3) is 3.78. The van der Waals surface area contributed by atoms with Crippen molar-refractivity contribution in [3.8, 4) is 0 Å². The van der Waals surface area contributed by atoms with Gasteiger partial charge in [-0.05, 0) is 44.1 Å². The van der Waals surface area contributed by atoms with Crippen LogP contribution in [0.4, 0.5) is 4.39 Å². The molecule has 0 fully saturated rings. The summed E-state index contributed by atoms with van der Waals surface area (Å²) >= 11 is 5.93. The number of rotatable bonds is 5. The molecule has 84 valence electrons. The van der Waals surface area contributed by atoms with E-state index in [0.717, 1.165) is 18.5 Å². The van der Waals surface area contributed by atoms with Gasteiger partial charge in [-0.2, -0.15) is 0 Å². The summed E-state index contributed by atoms with van der Waals surface area (Å²) in [4.78, 5) is 0. The third-order valence-electron chi connectivity index (χ3n) is 2.26. The van der Waals surface area contributed by atoms with E-state index >= 15 is 0 Å². The average Bonchev–Trinajstić information content (AvgIpc) is 2.17. The van der Waals surface area contributed by atoms with Crippen LogP contribution >= 0.6 is 11.6 Å². The van der Waals surface area contributed by atoms with Crippen molar-refractivity contribution in [2.75, 3.05) is 13.1 Å². The molecule has 15 heavy (non-hydrogen) atoms. The molecule has 0 saturated heterocycles. The summed E-state index contributed by atoms with van der Waals surface area (Å²) in [6.07, 6.45) is 0.920. The molecule has 1 aromatic carbocycles. The van der Waals surface area contributed by atoms with Crippen molar-refractivity contribution in [3.05, 3.63) is 34.6 Å². The molecule has 0 aliphatic carbocycles. The van der Waals surface area contributed by atoms with Crippen molar-refractivity contribution in [2.24, 2.45) is 5.73 Å². The normalized spacial score (nSPS) is 12.8. The van der Waals surface area contributed by atoms with Crippen LogP contribution in [0.2, 0.25) is 5.02 Å². The summed E-state index contributed by atoms with van der Waals surface area (Å²) < 4.78 is 12.8. The molecule has 1 aromatic rings. The summed E-state index contributed by atoms with van der Waals surface area (Å²) in [5, 5.41) is 3.73. The van der Waals surface area contributed by atoms with Crippen molar-refractivity contribution in [1.82, 2.24) is 5.32 Å². The van der Waals surface area contributed by atoms with Crippen molar-refractivity contribution in [1.29, 1.82) is 0 Å². The molecule has 2 nitrogen and oxygen atoms in total. The van der Waals surface area contributed by atoms with Gasteiger partial charge in [0.25, 0.3) is 0 Å². The fourth-order valence-corrected chi connectivity index (χ4v) is 1.71. The van der Waals surface area contributed by atoms with Crippen LogP contribution in [0, 0.1) is 5.82 Å². The maximum atomic E-state index is 12.8. The van der Waals surface area contributed by atoms with Crippen LogP contribution in [-0.2, 0) is 0 Å². The second-order valence-corrected chi connectivity index (χ2v) is 3.89. The van der Waals surface area contributed by atoms with Crippen LogP contribution in [0.1, 0.15) is 24.9 Å². The van der Waals surface area contributed by atoms with Crippen molar-refractivity contribution in [3.63, 3.8) is 0 Å². The van der Waals surface area contributed by atoms with Crippen molar-refractivity contribution >= 4 is 11.6 Å². The lowest BCUT2D eigenvalue weighted by atomic mass is 10.1. The van der Waals surface area contributed by atoms with E-state index in [1.165, 1.54) is 12.1 Å². The van der Waals surface area contributed by atoms with E-state index < -0.39 is 0 Å². The summed E-state index contributed by atoms with van der Waals surface area (Å²) in [5.41, 5.74) is 6.30. The van der Waals surface area contributed by atoms with E-state index in [4.69, 9.17) is 17.3 Å². The minimum Gasteiger partial charge on any atom is -0.330 e. The average molecular weight is 231 g/mol. The second kappa shape index (κ2) is 6.05. The second-order valence-electron chi connectivity index (χ2n) is 3.48. The summed E-state index contributed by atoms with van der Waals surface area (Å²) in [5.74, 6) is -0.307. The Balaban J connectivity index is 2.61. The molecule has 0 aliphatic rings. The van der Waals surface area contributed by atoms with Gasteiger partial charge in [0.15, 0.2) is 0 Å². The van der Waals surface area contributed by atoms with Gasteiger partial charge in [0.05, 0.1) is 0 Å². The minimum atomic E-state index is -0.307. The SMILES string of the molecule is CC(NCCCN)c1ccc(F)cc1Cl. The molecule has 0 bridgehead atoms. The predicted molar refractivity (Wildman–Crippen MR) is 61.5 cm³/mol. The Morgan fingerprint density at radius 2 is 2.27 bits per heavy atom. The fraction of sp³-hybridized carbons (Fsp3) is 0.455. The molecule has 3 N–H and O–H groups in total. The van der Waals surface area contributed by atoms with E-state index in [9.17, 15) is 4.39 Å². The lowest BCUT2D eigenvalue weighted by molar-refractivity contribution is 0.559. The zero-order chi connectivity index (χ0) is 11.3. The van der Waals surface area contributed by atoms with Crippen LogP contribution in [0.5, 0.6) is 0 Å². The Labute approximate surface area is 94.6 Å². The van der Waals surface area contributed by atoms with Crippen LogP contribution in [0.15, 0.2) is 18.2 Å². The van der Waals surface area contributed by atoms with Gasteiger partial charge < -0.3 is 11.1 Å². The Bertz CT molecular complexity index is 317. The molecule has 0 heterocycles. The molecule has 0 aromatic heterocycles. The lowest BCUT2D eigenvalue weighted by Crippen LogP contribution is -2.22. The molecule has 0 spiro atoms. The monoisotopic (exact) mass is 230 g/mol. The first-order chi connectivity index (χ1) is 7.15. The number of nitrogens with one attached hydrogen (secondary N) is 1. The van der Waals surface area contributed by atoms with E-state index in [1.54, 1.807) is 6.07 Å². The highest BCUT2D eigenvalue weighted by Crippen LogP contribution is 2.23. The molecule has 4 heteroatoms. The highest BCUT2D eigenvalue weighted by molar-refractivity contribution is 6.31. The number of hydrogen-bond acceptors (Lipinski definition) is 2. The maximum Gasteiger partial charge on any atom is 0.124 e. The number of hydrogen-bond donors (Lipinski definition) is 2. The molecule has 1 unspecified atom stereocenters. The fourth-order valence-electron chi connectivity index (χ4n) is 1.38. The first-order valence-corrected chi connectivity index (χ1v) is 5.41. The van der Waals surface area contributed by atoms with Crippen LogP contribution < -0.4 is 11.1 Å². The highest BCUT2D eigenvalue weighted by atomic mass is 35.5. The van der Waals surface area contributed by atoms with Gasteiger partial charge in [-0.3, -0.25) is 0 Å². The van der Waals surface area contributed by atoms with Gasteiger partial charge in [0.1, 0.15) is 5.82 Å². The molecule has 0 aliphatic heterocycles. The Morgan fingerprint density at radius 3 is 2.87 bits per heavy atom. The third-order valence-corrected chi connectivity index (χ3v) is 2.59. The van der Waals surface area contributed by atoms with Gasteiger partial charge in [0, 0.05) is 11.1 Å². The summed E-state index contributed by atoms with van der Waals surface area (Å²) in [6, 6.07) is 4.57. The van der Waals surface area contributed by atoms with Gasteiger partial charge in [0.2, 0.25) is 0 Å². The number of nitrogens with two attached hydrogens (primary N) is 1. The summed E-state index contributed by atoms with van der Waals surface area (Å²) in [6.45, 7) is 3.50. The molecular formula is C11H16ClFN2. The first kappa shape index (κ1) is 12.4. The highest BCUT2D eigenvalue weighted by Gasteiger charge is 2.09. The number of halogens is 2. The van der Waals surface area contributed by atoms with Gasteiger partial charge in [-0.25, -0.2) is 4.39 Å². The van der Waals surface area contributed by atoms with Crippen molar-refractivity contribution in [2.45, 2.75) is 19.4 Å². The minimum absolute atomic E-state index is 0.115. The molecular weight excluding hydrogens is 215 g/mol. The molecule has 1 atom stereocenters. The van der Waals surface area contributed by atoms with E-state index in [2.05, 4.69) is 5.32 Å². The van der Waals surface area contributed by atoms with Crippen LogP contribution in [0.25, 0.3) is 0 Å². The standard InChI is InChI=1S/C11H16ClFN2/c1-8(15-6-2-5-14)10-4-3-9(13)7-11(10)12/h3-4,7-8,15H,2,5-6,14H2,1H3. The van der Waals surface area contributed by atoms with E-state index in [-0.39, 0.29) is 11.9 Å².